The molecule has 1 fully saturated rings. The number of fused-ring (bicyclic) bond motifs is 1. The van der Waals surface area contributed by atoms with E-state index in [1.165, 1.54) is 12.1 Å². The number of aromatic hydroxyl groups is 1. The fourth-order valence-corrected chi connectivity index (χ4v) is 2.65. The molecule has 0 aromatic heterocycles. The van der Waals surface area contributed by atoms with Crippen molar-refractivity contribution in [1.82, 2.24) is 0 Å². The van der Waals surface area contributed by atoms with Crippen LogP contribution in [0, 0.1) is 10.1 Å². The van der Waals surface area contributed by atoms with Crippen LogP contribution in [0.1, 0.15) is 0 Å². The molecule has 24 heavy (non-hydrogen) atoms. The smallest absolute Gasteiger partial charge is 0.322 e. The molecule has 4 atom stereocenters. The Morgan fingerprint density at radius 2 is 1.96 bits per heavy atom. The van der Waals surface area contributed by atoms with Gasteiger partial charge in [0.1, 0.15) is 18.3 Å². The van der Waals surface area contributed by atoms with Crippen LogP contribution >= 0.6 is 0 Å². The van der Waals surface area contributed by atoms with Gasteiger partial charge in [-0.2, -0.15) is 0 Å². The molecule has 4 N–H and O–H groups in total. The second-order valence-corrected chi connectivity index (χ2v) is 5.37. The summed E-state index contributed by atoms with van der Waals surface area (Å²) in [5.41, 5.74) is -0.533. The third-order valence-corrected chi connectivity index (χ3v) is 3.88. The summed E-state index contributed by atoms with van der Waals surface area (Å²) < 4.78 is 10.5. The van der Waals surface area contributed by atoms with E-state index in [4.69, 9.17) is 14.6 Å². The lowest BCUT2D eigenvalue weighted by molar-refractivity contribution is -0.384. The number of aliphatic hydroxyl groups is 3. The minimum atomic E-state index is -1.48. The number of aliphatic hydroxyl groups excluding tert-OH is 3. The van der Waals surface area contributed by atoms with E-state index in [-0.39, 0.29) is 11.1 Å². The van der Waals surface area contributed by atoms with Crippen LogP contribution in [0.3, 0.4) is 0 Å². The van der Waals surface area contributed by atoms with Crippen LogP contribution in [-0.2, 0) is 4.74 Å². The van der Waals surface area contributed by atoms with E-state index in [1.807, 2.05) is 0 Å². The number of rotatable bonds is 4. The number of phenols is 1. The largest absolute Gasteiger partial charge is 0.499 e. The van der Waals surface area contributed by atoms with E-state index in [0.29, 0.717) is 5.39 Å². The molecule has 1 aliphatic rings. The second kappa shape index (κ2) is 6.21. The normalized spacial score (nSPS) is 26.6. The van der Waals surface area contributed by atoms with E-state index in [1.54, 1.807) is 18.2 Å². The van der Waals surface area contributed by atoms with Gasteiger partial charge in [0.05, 0.1) is 16.9 Å². The topological polar surface area (TPSA) is 143 Å². The van der Waals surface area contributed by atoms with Gasteiger partial charge < -0.3 is 29.9 Å². The van der Waals surface area contributed by atoms with Crippen LogP contribution in [0.5, 0.6) is 11.5 Å². The Morgan fingerprint density at radius 1 is 1.25 bits per heavy atom. The van der Waals surface area contributed by atoms with Gasteiger partial charge in [-0.3, -0.25) is 10.1 Å². The number of nitro groups is 1. The lowest BCUT2D eigenvalue weighted by atomic mass is 10.1. The van der Waals surface area contributed by atoms with Crippen molar-refractivity contribution in [1.29, 1.82) is 0 Å². The molecule has 0 spiro atoms. The molecule has 1 aliphatic heterocycles. The van der Waals surface area contributed by atoms with E-state index in [0.717, 1.165) is 0 Å². The SMILES string of the molecule is O=[N+]([O-])c1c(O)c(O[C@@H]2O[C@H](CO)C(O)[C@@H]2O)cc2ccccc12. The molecular formula is C15H15NO8. The van der Waals surface area contributed by atoms with E-state index >= 15 is 0 Å². The Hall–Kier alpha value is -2.46. The Labute approximate surface area is 135 Å². The predicted octanol–water partition coefficient (Wildman–Crippen LogP) is 0.271. The van der Waals surface area contributed by atoms with E-state index < -0.39 is 47.6 Å². The molecule has 1 saturated heterocycles. The van der Waals surface area contributed by atoms with Gasteiger partial charge in [-0.25, -0.2) is 0 Å². The fraction of sp³-hybridized carbons (Fsp3) is 0.333. The zero-order valence-corrected chi connectivity index (χ0v) is 12.3. The molecule has 0 radical (unpaired) electrons. The summed E-state index contributed by atoms with van der Waals surface area (Å²) >= 11 is 0. The zero-order valence-electron chi connectivity index (χ0n) is 12.3. The summed E-state index contributed by atoms with van der Waals surface area (Å²) in [4.78, 5) is 10.5. The summed E-state index contributed by atoms with van der Waals surface area (Å²) in [6.07, 6.45) is -5.30. The lowest BCUT2D eigenvalue weighted by Crippen LogP contribution is -2.35. The summed E-state index contributed by atoms with van der Waals surface area (Å²) in [6.45, 7) is -0.540. The Kier molecular flexibility index (Phi) is 4.24. The molecule has 9 nitrogen and oxygen atoms in total. The van der Waals surface area contributed by atoms with Crippen molar-refractivity contribution in [2.45, 2.75) is 24.6 Å². The van der Waals surface area contributed by atoms with Gasteiger partial charge >= 0.3 is 5.69 Å². The first-order valence-corrected chi connectivity index (χ1v) is 7.12. The molecule has 2 aromatic rings. The maximum absolute atomic E-state index is 11.3. The number of benzene rings is 2. The molecule has 0 bridgehead atoms. The molecule has 0 aliphatic carbocycles. The molecule has 3 rings (SSSR count). The monoisotopic (exact) mass is 337 g/mol. The van der Waals surface area contributed by atoms with Crippen molar-refractivity contribution in [2.75, 3.05) is 6.61 Å². The standard InChI is InChI=1S/C15H15NO8/c17-6-10-13(19)14(20)15(24-10)23-9-5-7-3-1-2-4-8(7)11(12(9)18)16(21)22/h1-5,10,13-15,17-20H,6H2/t10-,13?,14+,15-/m1/s1. The van der Waals surface area contributed by atoms with Crippen LogP contribution in [-0.4, -0.2) is 56.6 Å². The van der Waals surface area contributed by atoms with Gasteiger partial charge in [0.25, 0.3) is 0 Å². The number of ether oxygens (including phenoxy) is 2. The van der Waals surface area contributed by atoms with Crippen molar-refractivity contribution < 1.29 is 34.8 Å². The van der Waals surface area contributed by atoms with E-state index in [9.17, 15) is 25.4 Å². The molecule has 1 unspecified atom stereocenters. The van der Waals surface area contributed by atoms with Gasteiger partial charge in [0.15, 0.2) is 5.75 Å². The molecule has 9 heteroatoms. The van der Waals surface area contributed by atoms with E-state index in [2.05, 4.69) is 0 Å². The highest BCUT2D eigenvalue weighted by atomic mass is 16.7. The van der Waals surface area contributed by atoms with Crippen LogP contribution in [0.4, 0.5) is 5.69 Å². The summed E-state index contributed by atoms with van der Waals surface area (Å²) in [7, 11) is 0. The Morgan fingerprint density at radius 3 is 2.58 bits per heavy atom. The molecule has 1 heterocycles. The highest BCUT2D eigenvalue weighted by Crippen LogP contribution is 2.43. The van der Waals surface area contributed by atoms with Gasteiger partial charge in [0, 0.05) is 0 Å². The van der Waals surface area contributed by atoms with Crippen molar-refractivity contribution >= 4 is 16.5 Å². The summed E-state index contributed by atoms with van der Waals surface area (Å²) in [5.74, 6) is -0.980. The molecular weight excluding hydrogens is 322 g/mol. The van der Waals surface area contributed by atoms with Crippen LogP contribution < -0.4 is 4.74 Å². The van der Waals surface area contributed by atoms with Gasteiger partial charge in [-0.05, 0) is 17.5 Å². The highest BCUT2D eigenvalue weighted by Gasteiger charge is 2.44. The lowest BCUT2D eigenvalue weighted by Gasteiger charge is -2.18. The van der Waals surface area contributed by atoms with Crippen molar-refractivity contribution in [3.63, 3.8) is 0 Å². The molecule has 0 amide bonds. The third-order valence-electron chi connectivity index (χ3n) is 3.88. The summed E-state index contributed by atoms with van der Waals surface area (Å²) in [5, 5.41) is 50.8. The highest BCUT2D eigenvalue weighted by molar-refractivity contribution is 5.95. The first kappa shape index (κ1) is 16.4. The van der Waals surface area contributed by atoms with Gasteiger partial charge in [-0.1, -0.05) is 18.2 Å². The third kappa shape index (κ3) is 2.63. The molecule has 128 valence electrons. The Balaban J connectivity index is 2.01. The van der Waals surface area contributed by atoms with Gasteiger partial charge in [-0.15, -0.1) is 0 Å². The maximum atomic E-state index is 11.3. The average molecular weight is 337 g/mol. The van der Waals surface area contributed by atoms with Crippen molar-refractivity contribution in [3.05, 3.63) is 40.4 Å². The van der Waals surface area contributed by atoms with Gasteiger partial charge in [0.2, 0.25) is 12.0 Å². The van der Waals surface area contributed by atoms with Crippen molar-refractivity contribution in [3.8, 4) is 11.5 Å². The quantitative estimate of drug-likeness (QED) is 0.460. The number of phenolic OH excluding ortho intramolecular Hbond substituents is 1. The van der Waals surface area contributed by atoms with Crippen LogP contribution in [0.2, 0.25) is 0 Å². The first-order valence-electron chi connectivity index (χ1n) is 7.12. The number of nitrogens with zero attached hydrogens (tertiary/aromatic N) is 1. The zero-order chi connectivity index (χ0) is 17.4. The van der Waals surface area contributed by atoms with Crippen LogP contribution in [0.15, 0.2) is 30.3 Å². The van der Waals surface area contributed by atoms with Crippen molar-refractivity contribution in [2.24, 2.45) is 0 Å². The molecule has 2 aromatic carbocycles. The average Bonchev–Trinajstić information content (AvgIpc) is 2.83. The number of hydrogen-bond donors (Lipinski definition) is 4. The Bertz CT molecular complexity index is 779. The maximum Gasteiger partial charge on any atom is 0.322 e. The minimum absolute atomic E-state index is 0.230. The molecule has 0 saturated carbocycles. The number of nitro benzene ring substituents is 1. The second-order valence-electron chi connectivity index (χ2n) is 5.37. The summed E-state index contributed by atoms with van der Waals surface area (Å²) in [6, 6.07) is 7.72. The fourth-order valence-electron chi connectivity index (χ4n) is 2.65. The first-order chi connectivity index (χ1) is 11.4. The minimum Gasteiger partial charge on any atom is -0.499 e. The van der Waals surface area contributed by atoms with Crippen LogP contribution in [0.25, 0.3) is 10.8 Å². The predicted molar refractivity (Wildman–Crippen MR) is 80.7 cm³/mol. The number of hydrogen-bond acceptors (Lipinski definition) is 8.